The molecule has 1 amide bonds. The first-order chi connectivity index (χ1) is 11.1. The lowest BCUT2D eigenvalue weighted by Crippen LogP contribution is -2.55. The third kappa shape index (κ3) is 3.83. The van der Waals surface area contributed by atoms with Crippen molar-refractivity contribution in [2.45, 2.75) is 46.2 Å². The number of nitrogens with zero attached hydrogens (tertiary/aromatic N) is 4. The Balaban J connectivity index is 1.65. The monoisotopic (exact) mass is 335 g/mol. The highest BCUT2D eigenvalue weighted by atomic mass is 32.1. The van der Waals surface area contributed by atoms with E-state index in [1.54, 1.807) is 11.3 Å². The van der Waals surface area contributed by atoms with Gasteiger partial charge in [0.15, 0.2) is 5.96 Å². The standard InChI is InChI=1S/C16H25N5OS/c1-4-17-16(18-9-14-19-11(2)12(3)23-14)20-7-8-21(13-5-6-13)15(22)10-20/h13H,4-10H2,1-3H3,(H,17,18). The minimum absolute atomic E-state index is 0.227. The molecular weight excluding hydrogens is 310 g/mol. The number of aryl methyl sites for hydroxylation is 2. The first kappa shape index (κ1) is 16.2. The van der Waals surface area contributed by atoms with E-state index >= 15 is 0 Å². The van der Waals surface area contributed by atoms with Gasteiger partial charge in [-0.25, -0.2) is 9.98 Å². The molecule has 3 rings (SSSR count). The Bertz CT molecular complexity index is 588. The Morgan fingerprint density at radius 3 is 2.74 bits per heavy atom. The molecule has 6 nitrogen and oxygen atoms in total. The number of carbonyl (C=O) groups is 1. The maximum absolute atomic E-state index is 12.3. The number of guanidine groups is 1. The lowest BCUT2D eigenvalue weighted by molar-refractivity contribution is -0.135. The summed E-state index contributed by atoms with van der Waals surface area (Å²) < 4.78 is 0. The van der Waals surface area contributed by atoms with Crippen LogP contribution >= 0.6 is 11.3 Å². The van der Waals surface area contributed by atoms with E-state index in [2.05, 4.69) is 29.0 Å². The molecule has 2 fully saturated rings. The van der Waals surface area contributed by atoms with Crippen molar-refractivity contribution < 1.29 is 4.79 Å². The lowest BCUT2D eigenvalue weighted by atomic mass is 10.3. The number of rotatable bonds is 4. The first-order valence-corrected chi connectivity index (χ1v) is 9.15. The molecule has 0 aromatic carbocycles. The molecule has 1 saturated carbocycles. The van der Waals surface area contributed by atoms with E-state index in [9.17, 15) is 4.79 Å². The molecule has 1 saturated heterocycles. The second kappa shape index (κ2) is 6.86. The Morgan fingerprint density at radius 2 is 2.17 bits per heavy atom. The summed E-state index contributed by atoms with van der Waals surface area (Å²) in [5.74, 6) is 1.05. The number of hydrogen-bond acceptors (Lipinski definition) is 4. The predicted molar refractivity (Wildman–Crippen MR) is 92.7 cm³/mol. The highest BCUT2D eigenvalue weighted by Crippen LogP contribution is 2.28. The highest BCUT2D eigenvalue weighted by molar-refractivity contribution is 7.11. The van der Waals surface area contributed by atoms with Crippen LogP contribution in [0.3, 0.4) is 0 Å². The molecule has 0 bridgehead atoms. The molecule has 1 aliphatic heterocycles. The summed E-state index contributed by atoms with van der Waals surface area (Å²) in [5.41, 5.74) is 1.08. The third-order valence-electron chi connectivity index (χ3n) is 4.32. The quantitative estimate of drug-likeness (QED) is 0.670. The maximum Gasteiger partial charge on any atom is 0.242 e. The fourth-order valence-corrected chi connectivity index (χ4v) is 3.67. The Labute approximate surface area is 141 Å². The van der Waals surface area contributed by atoms with Crippen molar-refractivity contribution in [2.24, 2.45) is 4.99 Å². The van der Waals surface area contributed by atoms with E-state index in [1.807, 2.05) is 11.8 Å². The summed E-state index contributed by atoms with van der Waals surface area (Å²) in [5, 5.41) is 4.33. The van der Waals surface area contributed by atoms with Gasteiger partial charge in [0.1, 0.15) is 5.01 Å². The Kier molecular flexibility index (Phi) is 4.84. The zero-order valence-electron chi connectivity index (χ0n) is 14.1. The number of thiazole rings is 1. The van der Waals surface area contributed by atoms with Gasteiger partial charge >= 0.3 is 0 Å². The highest BCUT2D eigenvalue weighted by Gasteiger charge is 2.36. The molecule has 1 aromatic heterocycles. The van der Waals surface area contributed by atoms with Crippen molar-refractivity contribution in [1.29, 1.82) is 0 Å². The molecule has 1 aliphatic carbocycles. The number of aromatic nitrogens is 1. The van der Waals surface area contributed by atoms with Crippen LogP contribution in [-0.4, -0.2) is 58.9 Å². The van der Waals surface area contributed by atoms with E-state index in [0.717, 1.165) is 36.3 Å². The van der Waals surface area contributed by atoms with Gasteiger partial charge in [0, 0.05) is 30.6 Å². The topological polar surface area (TPSA) is 60.8 Å². The first-order valence-electron chi connectivity index (χ1n) is 8.34. The van der Waals surface area contributed by atoms with Gasteiger partial charge < -0.3 is 15.1 Å². The van der Waals surface area contributed by atoms with Crippen LogP contribution in [0.4, 0.5) is 0 Å². The van der Waals surface area contributed by atoms with Gasteiger partial charge in [-0.15, -0.1) is 11.3 Å². The van der Waals surface area contributed by atoms with Crippen molar-refractivity contribution in [3.63, 3.8) is 0 Å². The maximum atomic E-state index is 12.3. The second-order valence-corrected chi connectivity index (χ2v) is 7.45. The number of amides is 1. The predicted octanol–water partition coefficient (Wildman–Crippen LogP) is 1.53. The summed E-state index contributed by atoms with van der Waals surface area (Å²) in [4.78, 5) is 26.9. The van der Waals surface area contributed by atoms with Gasteiger partial charge in [-0.1, -0.05) is 0 Å². The summed E-state index contributed by atoms with van der Waals surface area (Å²) in [7, 11) is 0. The molecule has 0 unspecified atom stereocenters. The molecular formula is C16H25N5OS. The molecule has 2 aliphatic rings. The smallest absolute Gasteiger partial charge is 0.242 e. The van der Waals surface area contributed by atoms with Crippen LogP contribution in [0.25, 0.3) is 0 Å². The molecule has 23 heavy (non-hydrogen) atoms. The molecule has 1 aromatic rings. The number of piperazine rings is 1. The normalized spacial score (nSPS) is 19.4. The van der Waals surface area contributed by atoms with Gasteiger partial charge in [-0.05, 0) is 33.6 Å². The molecule has 0 radical (unpaired) electrons. The van der Waals surface area contributed by atoms with E-state index in [4.69, 9.17) is 4.99 Å². The lowest BCUT2D eigenvalue weighted by Gasteiger charge is -2.36. The summed E-state index contributed by atoms with van der Waals surface area (Å²) in [6.45, 7) is 9.62. The molecule has 126 valence electrons. The van der Waals surface area contributed by atoms with Gasteiger partial charge in [0.05, 0.1) is 18.8 Å². The fraction of sp³-hybridized carbons (Fsp3) is 0.688. The number of hydrogen-bond donors (Lipinski definition) is 1. The second-order valence-electron chi connectivity index (χ2n) is 6.16. The van der Waals surface area contributed by atoms with E-state index in [0.29, 0.717) is 19.1 Å². The largest absolute Gasteiger partial charge is 0.356 e. The fourth-order valence-electron chi connectivity index (χ4n) is 2.81. The van der Waals surface area contributed by atoms with E-state index < -0.39 is 0 Å². The van der Waals surface area contributed by atoms with Crippen LogP contribution in [0.5, 0.6) is 0 Å². The zero-order chi connectivity index (χ0) is 16.4. The van der Waals surface area contributed by atoms with E-state index in [-0.39, 0.29) is 5.91 Å². The minimum atomic E-state index is 0.227. The zero-order valence-corrected chi connectivity index (χ0v) is 14.9. The third-order valence-corrected chi connectivity index (χ3v) is 5.37. The molecule has 7 heteroatoms. The van der Waals surface area contributed by atoms with Gasteiger partial charge in [-0.2, -0.15) is 0 Å². The van der Waals surface area contributed by atoms with Crippen LogP contribution < -0.4 is 5.32 Å². The van der Waals surface area contributed by atoms with Crippen LogP contribution in [0.1, 0.15) is 35.3 Å². The molecule has 2 heterocycles. The summed E-state index contributed by atoms with van der Waals surface area (Å²) >= 11 is 1.69. The average Bonchev–Trinajstić information content (AvgIpc) is 3.30. The number of nitrogens with one attached hydrogen (secondary N) is 1. The van der Waals surface area contributed by atoms with Crippen molar-refractivity contribution in [1.82, 2.24) is 20.1 Å². The minimum Gasteiger partial charge on any atom is -0.356 e. The van der Waals surface area contributed by atoms with Gasteiger partial charge in [0.2, 0.25) is 5.91 Å². The molecule has 0 spiro atoms. The Morgan fingerprint density at radius 1 is 1.39 bits per heavy atom. The van der Waals surface area contributed by atoms with Gasteiger partial charge in [0.25, 0.3) is 0 Å². The van der Waals surface area contributed by atoms with Crippen LogP contribution in [0.2, 0.25) is 0 Å². The van der Waals surface area contributed by atoms with Crippen LogP contribution in [0.15, 0.2) is 4.99 Å². The SMILES string of the molecule is CCNC(=NCc1nc(C)c(C)s1)N1CCN(C2CC2)C(=O)C1. The number of carbonyl (C=O) groups excluding carboxylic acids is 1. The van der Waals surface area contributed by atoms with Crippen LogP contribution in [0, 0.1) is 13.8 Å². The summed E-state index contributed by atoms with van der Waals surface area (Å²) in [6, 6.07) is 0.505. The van der Waals surface area contributed by atoms with Crippen LogP contribution in [-0.2, 0) is 11.3 Å². The van der Waals surface area contributed by atoms with Crippen molar-refractivity contribution in [2.75, 3.05) is 26.2 Å². The van der Waals surface area contributed by atoms with Crippen molar-refractivity contribution in [3.8, 4) is 0 Å². The average molecular weight is 335 g/mol. The van der Waals surface area contributed by atoms with Gasteiger partial charge in [-0.3, -0.25) is 4.79 Å². The van der Waals surface area contributed by atoms with Crippen molar-refractivity contribution in [3.05, 3.63) is 15.6 Å². The van der Waals surface area contributed by atoms with Crippen molar-refractivity contribution >= 4 is 23.2 Å². The number of aliphatic imine (C=N–C) groups is 1. The molecule has 0 atom stereocenters. The van der Waals surface area contributed by atoms with E-state index in [1.165, 1.54) is 17.7 Å². The summed E-state index contributed by atoms with van der Waals surface area (Å²) in [6.07, 6.45) is 2.34. The Hall–Kier alpha value is -1.63. The molecule has 1 N–H and O–H groups in total.